The molecule has 0 N–H and O–H groups in total. The summed E-state index contributed by atoms with van der Waals surface area (Å²) in [5.74, 6) is 0.140. The van der Waals surface area contributed by atoms with E-state index in [-0.39, 0.29) is 11.6 Å². The third kappa shape index (κ3) is 2.50. The molecule has 4 heteroatoms. The van der Waals surface area contributed by atoms with Crippen LogP contribution in [0.5, 0.6) is 0 Å². The molecule has 0 saturated heterocycles. The maximum Gasteiger partial charge on any atom is 0.204 e. The molecule has 0 aliphatic heterocycles. The van der Waals surface area contributed by atoms with E-state index in [0.29, 0.717) is 0 Å². The van der Waals surface area contributed by atoms with Crippen LogP contribution in [0.25, 0.3) is 32.7 Å². The first-order valence-electron chi connectivity index (χ1n) is 11.8. The van der Waals surface area contributed by atoms with Gasteiger partial charge in [-0.25, -0.2) is 0 Å². The van der Waals surface area contributed by atoms with Gasteiger partial charge in [-0.15, -0.1) is 22.7 Å². The molecule has 0 atom stereocenters. The highest BCUT2D eigenvalue weighted by Crippen LogP contribution is 2.51. The highest BCUT2D eigenvalue weighted by Gasteiger charge is 2.37. The van der Waals surface area contributed by atoms with Crippen molar-refractivity contribution in [3.8, 4) is 0 Å². The molecule has 8 rings (SSSR count). The van der Waals surface area contributed by atoms with Gasteiger partial charge < -0.3 is 0 Å². The molecule has 0 fully saturated rings. The number of carbonyl (C=O) groups is 2. The second kappa shape index (κ2) is 7.20. The molecule has 2 nitrogen and oxygen atoms in total. The number of hydrogen-bond donors (Lipinski definition) is 0. The Hall–Kier alpha value is -4.12. The molecule has 36 heavy (non-hydrogen) atoms. The number of ketones is 2. The molecule has 6 aromatic rings. The molecular weight excluding hydrogens is 480 g/mol. The molecule has 0 amide bonds. The molecule has 4 aromatic carbocycles. The van der Waals surface area contributed by atoms with Gasteiger partial charge in [0.05, 0.1) is 9.75 Å². The fourth-order valence-corrected chi connectivity index (χ4v) is 7.57. The van der Waals surface area contributed by atoms with Crippen molar-refractivity contribution in [3.63, 3.8) is 0 Å². The molecule has 168 valence electrons. The normalized spacial score (nSPS) is 16.1. The molecular formula is C32H16O2S2. The largest absolute Gasteiger partial charge is 0.288 e. The van der Waals surface area contributed by atoms with Crippen LogP contribution in [-0.2, 0) is 0 Å². The van der Waals surface area contributed by atoms with Gasteiger partial charge >= 0.3 is 0 Å². The Labute approximate surface area is 214 Å². The predicted octanol–water partition coefficient (Wildman–Crippen LogP) is 8.21. The lowest BCUT2D eigenvalue weighted by Crippen LogP contribution is -2.18. The van der Waals surface area contributed by atoms with Gasteiger partial charge in [0.15, 0.2) is 0 Å². The SMILES string of the molecule is O=C1c2ccc3ccccc3c2/C(=C2\c3ccsc3C(=O)c3ccc4ccccc4c32)c2ccsc21. The summed E-state index contributed by atoms with van der Waals surface area (Å²) in [6.07, 6.45) is 0. The smallest absolute Gasteiger partial charge is 0.204 e. The van der Waals surface area contributed by atoms with Crippen LogP contribution in [0.2, 0.25) is 0 Å². The van der Waals surface area contributed by atoms with Gasteiger partial charge in [-0.05, 0) is 56.6 Å². The van der Waals surface area contributed by atoms with Gasteiger partial charge in [-0.2, -0.15) is 0 Å². The topological polar surface area (TPSA) is 34.1 Å². The van der Waals surface area contributed by atoms with Gasteiger partial charge in [-0.3, -0.25) is 9.59 Å². The standard InChI is InChI=1S/C32H16O2S2/c33-29-21-11-9-17-5-1-3-7-19(17)25(21)27(23-13-15-35-31(23)29)28-24-14-16-36-32(24)30(34)22-12-10-18-6-2-4-8-20(18)26(22)28/h1-16H/b28-27+. The summed E-state index contributed by atoms with van der Waals surface area (Å²) in [6.45, 7) is 0. The quantitative estimate of drug-likeness (QED) is 0.212. The van der Waals surface area contributed by atoms with E-state index in [2.05, 4.69) is 36.4 Å². The van der Waals surface area contributed by atoms with Crippen molar-refractivity contribution >= 4 is 66.9 Å². The lowest BCUT2D eigenvalue weighted by atomic mass is 9.74. The van der Waals surface area contributed by atoms with Crippen molar-refractivity contribution < 1.29 is 9.59 Å². The maximum absolute atomic E-state index is 13.7. The van der Waals surface area contributed by atoms with E-state index in [1.807, 2.05) is 59.3 Å². The lowest BCUT2D eigenvalue weighted by Gasteiger charge is -2.28. The van der Waals surface area contributed by atoms with Crippen molar-refractivity contribution in [2.75, 3.05) is 0 Å². The van der Waals surface area contributed by atoms with Crippen LogP contribution in [0, 0.1) is 0 Å². The van der Waals surface area contributed by atoms with E-state index >= 15 is 0 Å². The monoisotopic (exact) mass is 496 g/mol. The molecule has 0 bridgehead atoms. The summed E-state index contributed by atoms with van der Waals surface area (Å²) < 4.78 is 0. The van der Waals surface area contributed by atoms with Crippen LogP contribution in [-0.4, -0.2) is 11.6 Å². The van der Waals surface area contributed by atoms with E-state index < -0.39 is 0 Å². The summed E-state index contributed by atoms with van der Waals surface area (Å²) in [5, 5.41) is 8.30. The molecule has 0 unspecified atom stereocenters. The molecule has 0 spiro atoms. The highest BCUT2D eigenvalue weighted by molar-refractivity contribution is 7.13. The molecule has 2 heterocycles. The minimum absolute atomic E-state index is 0.0701. The van der Waals surface area contributed by atoms with Crippen LogP contribution < -0.4 is 0 Å². The molecule has 0 radical (unpaired) electrons. The summed E-state index contributed by atoms with van der Waals surface area (Å²) >= 11 is 2.98. The zero-order chi connectivity index (χ0) is 24.0. The van der Waals surface area contributed by atoms with E-state index in [1.165, 1.54) is 22.7 Å². The minimum atomic E-state index is 0.0701. The predicted molar refractivity (Wildman–Crippen MR) is 148 cm³/mol. The highest BCUT2D eigenvalue weighted by atomic mass is 32.1. The Morgan fingerprint density at radius 2 is 0.889 bits per heavy atom. The summed E-state index contributed by atoms with van der Waals surface area (Å²) in [5.41, 5.74) is 7.37. The number of thiophene rings is 2. The second-order valence-electron chi connectivity index (χ2n) is 9.15. The van der Waals surface area contributed by atoms with Gasteiger partial charge in [0, 0.05) is 44.5 Å². The van der Waals surface area contributed by atoms with Gasteiger partial charge in [0.25, 0.3) is 0 Å². The van der Waals surface area contributed by atoms with Crippen molar-refractivity contribution in [1.29, 1.82) is 0 Å². The second-order valence-corrected chi connectivity index (χ2v) is 11.0. The Morgan fingerprint density at radius 3 is 1.36 bits per heavy atom. The average molecular weight is 497 g/mol. The van der Waals surface area contributed by atoms with Crippen LogP contribution in [0.3, 0.4) is 0 Å². The average Bonchev–Trinajstić information content (AvgIpc) is 3.60. The fraction of sp³-hybridized carbons (Fsp3) is 0. The molecule has 0 saturated carbocycles. The maximum atomic E-state index is 13.7. The van der Waals surface area contributed by atoms with Crippen molar-refractivity contribution in [1.82, 2.24) is 0 Å². The Kier molecular flexibility index (Phi) is 4.02. The van der Waals surface area contributed by atoms with Crippen molar-refractivity contribution in [2.45, 2.75) is 0 Å². The third-order valence-electron chi connectivity index (χ3n) is 7.38. The Bertz CT molecular complexity index is 1840. The van der Waals surface area contributed by atoms with Crippen molar-refractivity contribution in [3.05, 3.63) is 139 Å². The molecule has 2 aliphatic rings. The summed E-state index contributed by atoms with van der Waals surface area (Å²) in [4.78, 5) is 28.9. The number of hydrogen-bond acceptors (Lipinski definition) is 4. The Morgan fingerprint density at radius 1 is 0.444 bits per heavy atom. The van der Waals surface area contributed by atoms with E-state index in [4.69, 9.17) is 0 Å². The number of fused-ring (bicyclic) bond motifs is 8. The van der Waals surface area contributed by atoms with Gasteiger partial charge in [0.2, 0.25) is 11.6 Å². The fourth-order valence-electron chi connectivity index (χ4n) is 5.86. The first-order chi connectivity index (χ1) is 17.7. The summed E-state index contributed by atoms with van der Waals surface area (Å²) in [7, 11) is 0. The number of benzene rings is 4. The zero-order valence-electron chi connectivity index (χ0n) is 18.9. The summed E-state index contributed by atoms with van der Waals surface area (Å²) in [6, 6.07) is 28.7. The first-order valence-corrected chi connectivity index (χ1v) is 13.5. The number of rotatable bonds is 0. The first kappa shape index (κ1) is 20.1. The lowest BCUT2D eigenvalue weighted by molar-refractivity contribution is 0.103. The van der Waals surface area contributed by atoms with Crippen molar-refractivity contribution in [2.24, 2.45) is 0 Å². The van der Waals surface area contributed by atoms with Gasteiger partial charge in [0.1, 0.15) is 0 Å². The minimum Gasteiger partial charge on any atom is -0.288 e. The zero-order valence-corrected chi connectivity index (χ0v) is 20.5. The number of carbonyl (C=O) groups excluding carboxylic acids is 2. The third-order valence-corrected chi connectivity index (χ3v) is 9.21. The van der Waals surface area contributed by atoms with E-state index in [1.54, 1.807) is 0 Å². The Balaban J connectivity index is 1.66. The van der Waals surface area contributed by atoms with Crippen LogP contribution in [0.15, 0.2) is 95.7 Å². The van der Waals surface area contributed by atoms with E-state index in [9.17, 15) is 9.59 Å². The van der Waals surface area contributed by atoms with Gasteiger partial charge in [-0.1, -0.05) is 60.7 Å². The molecule has 2 aromatic heterocycles. The molecule has 2 aliphatic carbocycles. The van der Waals surface area contributed by atoms with Crippen LogP contribution >= 0.6 is 22.7 Å². The van der Waals surface area contributed by atoms with Crippen LogP contribution in [0.1, 0.15) is 52.7 Å². The van der Waals surface area contributed by atoms with E-state index in [0.717, 1.165) is 75.8 Å². The van der Waals surface area contributed by atoms with Crippen LogP contribution in [0.4, 0.5) is 0 Å².